The highest BCUT2D eigenvalue weighted by atomic mass is 16.5. The maximum atomic E-state index is 12.6. The molecule has 0 bridgehead atoms. The molecule has 1 amide bonds. The van der Waals surface area contributed by atoms with Gasteiger partial charge in [0.2, 0.25) is 5.91 Å². The molecule has 172 valence electrons. The van der Waals surface area contributed by atoms with Gasteiger partial charge in [-0.3, -0.25) is 9.69 Å². The minimum absolute atomic E-state index is 0.0182. The zero-order valence-corrected chi connectivity index (χ0v) is 18.9. The Morgan fingerprint density at radius 3 is 2.36 bits per heavy atom. The molecule has 1 aromatic heterocycles. The average Bonchev–Trinajstić information content (AvgIpc) is 3.32. The SMILES string of the molecule is CCOc1ccc(-n2nnnc2CN2CCN(C(=O)/C=C\c3ccc(OC)cc3)CC2)cc1. The third-order valence-corrected chi connectivity index (χ3v) is 5.51. The minimum atomic E-state index is 0.0182. The summed E-state index contributed by atoms with van der Waals surface area (Å²) in [5.74, 6) is 2.39. The fraction of sp³-hybridized carbons (Fsp3) is 0.333. The number of carbonyl (C=O) groups is 1. The molecule has 2 aromatic carbocycles. The van der Waals surface area contributed by atoms with E-state index in [0.717, 1.165) is 41.7 Å². The lowest BCUT2D eigenvalue weighted by Crippen LogP contribution is -2.48. The fourth-order valence-electron chi connectivity index (χ4n) is 3.67. The van der Waals surface area contributed by atoms with E-state index in [2.05, 4.69) is 20.4 Å². The second-order valence-corrected chi connectivity index (χ2v) is 7.64. The third kappa shape index (κ3) is 5.75. The predicted octanol–water partition coefficient (Wildman–Crippen LogP) is 2.43. The molecule has 9 heteroatoms. The Kier molecular flexibility index (Phi) is 7.31. The van der Waals surface area contributed by atoms with E-state index in [-0.39, 0.29) is 5.91 Å². The lowest BCUT2D eigenvalue weighted by atomic mass is 10.2. The Balaban J connectivity index is 1.30. The number of rotatable bonds is 8. The summed E-state index contributed by atoms with van der Waals surface area (Å²) in [6.45, 7) is 6.05. The highest BCUT2D eigenvalue weighted by Gasteiger charge is 2.21. The zero-order chi connectivity index (χ0) is 23.0. The zero-order valence-electron chi connectivity index (χ0n) is 18.9. The number of aromatic nitrogens is 4. The van der Waals surface area contributed by atoms with Crippen molar-refractivity contribution in [1.82, 2.24) is 30.0 Å². The number of tetrazole rings is 1. The first-order valence-electron chi connectivity index (χ1n) is 11.0. The summed E-state index contributed by atoms with van der Waals surface area (Å²) in [6.07, 6.45) is 3.46. The van der Waals surface area contributed by atoms with Crippen LogP contribution in [0.15, 0.2) is 54.6 Å². The van der Waals surface area contributed by atoms with E-state index >= 15 is 0 Å². The maximum Gasteiger partial charge on any atom is 0.246 e. The molecule has 2 heterocycles. The number of amides is 1. The van der Waals surface area contributed by atoms with Gasteiger partial charge in [-0.15, -0.1) is 5.10 Å². The van der Waals surface area contributed by atoms with Crippen LogP contribution in [0.2, 0.25) is 0 Å². The van der Waals surface area contributed by atoms with Crippen molar-refractivity contribution >= 4 is 12.0 Å². The van der Waals surface area contributed by atoms with E-state index in [9.17, 15) is 4.79 Å². The van der Waals surface area contributed by atoms with Crippen molar-refractivity contribution in [1.29, 1.82) is 0 Å². The Hall–Kier alpha value is -3.72. The van der Waals surface area contributed by atoms with Crippen LogP contribution >= 0.6 is 0 Å². The second-order valence-electron chi connectivity index (χ2n) is 7.64. The standard InChI is InChI=1S/C24H28N6O3/c1-3-33-22-11-7-20(8-12-22)30-23(25-26-27-30)18-28-14-16-29(17-15-28)24(31)13-6-19-4-9-21(32-2)10-5-19/h4-13H,3,14-18H2,1-2H3/b13-6-. The Labute approximate surface area is 193 Å². The van der Waals surface area contributed by atoms with Gasteiger partial charge in [0.15, 0.2) is 5.82 Å². The Morgan fingerprint density at radius 1 is 1.00 bits per heavy atom. The first-order valence-corrected chi connectivity index (χ1v) is 11.0. The monoisotopic (exact) mass is 448 g/mol. The highest BCUT2D eigenvalue weighted by Crippen LogP contribution is 2.17. The molecule has 0 saturated carbocycles. The number of ether oxygens (including phenoxy) is 2. The van der Waals surface area contributed by atoms with E-state index in [1.54, 1.807) is 17.9 Å². The third-order valence-electron chi connectivity index (χ3n) is 5.51. The van der Waals surface area contributed by atoms with E-state index < -0.39 is 0 Å². The summed E-state index contributed by atoms with van der Waals surface area (Å²) in [7, 11) is 1.63. The van der Waals surface area contributed by atoms with E-state index in [0.29, 0.717) is 26.2 Å². The van der Waals surface area contributed by atoms with Gasteiger partial charge in [0.1, 0.15) is 11.5 Å². The largest absolute Gasteiger partial charge is 0.497 e. The van der Waals surface area contributed by atoms with Crippen molar-refractivity contribution in [2.24, 2.45) is 0 Å². The highest BCUT2D eigenvalue weighted by molar-refractivity contribution is 5.91. The molecule has 1 aliphatic heterocycles. The molecule has 0 unspecified atom stereocenters. The minimum Gasteiger partial charge on any atom is -0.497 e. The van der Waals surface area contributed by atoms with Gasteiger partial charge < -0.3 is 14.4 Å². The summed E-state index contributed by atoms with van der Waals surface area (Å²) in [5, 5.41) is 12.2. The molecule has 4 rings (SSSR count). The molecule has 0 radical (unpaired) electrons. The van der Waals surface area contributed by atoms with Gasteiger partial charge in [-0.25, -0.2) is 0 Å². The summed E-state index contributed by atoms with van der Waals surface area (Å²) >= 11 is 0. The van der Waals surface area contributed by atoms with Crippen molar-refractivity contribution < 1.29 is 14.3 Å². The van der Waals surface area contributed by atoms with E-state index in [4.69, 9.17) is 9.47 Å². The van der Waals surface area contributed by atoms with Crippen LogP contribution in [0.25, 0.3) is 11.8 Å². The van der Waals surface area contributed by atoms with Gasteiger partial charge in [-0.1, -0.05) is 12.1 Å². The van der Waals surface area contributed by atoms with Crippen LogP contribution in [0.5, 0.6) is 11.5 Å². The molecule has 1 fully saturated rings. The normalized spacial score (nSPS) is 14.5. The molecule has 0 atom stereocenters. The summed E-state index contributed by atoms with van der Waals surface area (Å²) < 4.78 is 12.4. The molecule has 1 aliphatic rings. The molecule has 1 saturated heterocycles. The van der Waals surface area contributed by atoms with Gasteiger partial charge in [0.05, 0.1) is 25.9 Å². The van der Waals surface area contributed by atoms with Crippen LogP contribution in [0.1, 0.15) is 18.3 Å². The lowest BCUT2D eigenvalue weighted by molar-refractivity contribution is -0.127. The molecule has 3 aromatic rings. The van der Waals surface area contributed by atoms with Crippen molar-refractivity contribution in [3.05, 3.63) is 66.0 Å². The molecule has 9 nitrogen and oxygen atoms in total. The summed E-state index contributed by atoms with van der Waals surface area (Å²) in [6, 6.07) is 15.3. The quantitative estimate of drug-likeness (QED) is 0.489. The molecular weight excluding hydrogens is 420 g/mol. The van der Waals surface area contributed by atoms with Gasteiger partial charge >= 0.3 is 0 Å². The summed E-state index contributed by atoms with van der Waals surface area (Å²) in [5.41, 5.74) is 1.85. The van der Waals surface area contributed by atoms with E-state index in [1.165, 1.54) is 0 Å². The van der Waals surface area contributed by atoms with Gasteiger partial charge in [-0.05, 0) is 65.4 Å². The lowest BCUT2D eigenvalue weighted by Gasteiger charge is -2.33. The van der Waals surface area contributed by atoms with Crippen molar-refractivity contribution in [2.75, 3.05) is 39.9 Å². The van der Waals surface area contributed by atoms with Crippen molar-refractivity contribution in [3.63, 3.8) is 0 Å². The number of methoxy groups -OCH3 is 1. The van der Waals surface area contributed by atoms with Crippen molar-refractivity contribution in [3.8, 4) is 17.2 Å². The molecule has 33 heavy (non-hydrogen) atoms. The maximum absolute atomic E-state index is 12.6. The topological polar surface area (TPSA) is 85.6 Å². The smallest absolute Gasteiger partial charge is 0.246 e. The first-order chi connectivity index (χ1) is 16.2. The molecule has 0 aliphatic carbocycles. The fourth-order valence-corrected chi connectivity index (χ4v) is 3.67. The number of hydrogen-bond acceptors (Lipinski definition) is 7. The Morgan fingerprint density at radius 2 is 1.70 bits per heavy atom. The number of carbonyl (C=O) groups excluding carboxylic acids is 1. The second kappa shape index (κ2) is 10.7. The van der Waals surface area contributed by atoms with Gasteiger partial charge in [0.25, 0.3) is 0 Å². The molecule has 0 spiro atoms. The van der Waals surface area contributed by atoms with Gasteiger partial charge in [-0.2, -0.15) is 4.68 Å². The molecular formula is C24H28N6O3. The van der Waals surface area contributed by atoms with Crippen LogP contribution in [0.3, 0.4) is 0 Å². The van der Waals surface area contributed by atoms with Crippen molar-refractivity contribution in [2.45, 2.75) is 13.5 Å². The number of piperazine rings is 1. The number of benzene rings is 2. The van der Waals surface area contributed by atoms with Crippen LogP contribution < -0.4 is 9.47 Å². The first kappa shape index (κ1) is 22.5. The average molecular weight is 449 g/mol. The van der Waals surface area contributed by atoms with Crippen LogP contribution in [-0.4, -0.2) is 75.8 Å². The van der Waals surface area contributed by atoms with Crippen LogP contribution in [-0.2, 0) is 11.3 Å². The predicted molar refractivity (Wildman–Crippen MR) is 124 cm³/mol. The number of nitrogens with zero attached hydrogens (tertiary/aromatic N) is 6. The Bertz CT molecular complexity index is 1070. The molecule has 0 N–H and O–H groups in total. The van der Waals surface area contributed by atoms with Crippen LogP contribution in [0, 0.1) is 0 Å². The summed E-state index contributed by atoms with van der Waals surface area (Å²) in [4.78, 5) is 16.7. The van der Waals surface area contributed by atoms with Crippen LogP contribution in [0.4, 0.5) is 0 Å². The van der Waals surface area contributed by atoms with E-state index in [1.807, 2.05) is 66.4 Å². The number of hydrogen-bond donors (Lipinski definition) is 0. The van der Waals surface area contributed by atoms with Gasteiger partial charge in [0, 0.05) is 32.3 Å².